The Hall–Kier alpha value is -0.833. The van der Waals surface area contributed by atoms with Crippen molar-refractivity contribution in [1.82, 2.24) is 0 Å². The van der Waals surface area contributed by atoms with Crippen molar-refractivity contribution in [2.24, 2.45) is 0 Å². The van der Waals surface area contributed by atoms with Crippen LogP contribution in [0.1, 0.15) is 11.1 Å². The van der Waals surface area contributed by atoms with Gasteiger partial charge in [0.2, 0.25) is 0 Å². The normalized spacial score (nSPS) is 9.23. The van der Waals surface area contributed by atoms with E-state index in [4.69, 9.17) is 0 Å². The first kappa shape index (κ1) is 10.2. The molecule has 0 aliphatic carbocycles. The molecule has 0 nitrogen and oxygen atoms in total. The van der Waals surface area contributed by atoms with E-state index in [1.54, 1.807) is 0 Å². The number of benzene rings is 1. The van der Waals surface area contributed by atoms with Gasteiger partial charge in [0, 0.05) is 0 Å². The molecule has 0 amide bonds. The summed E-state index contributed by atoms with van der Waals surface area (Å²) < 4.78 is 0. The van der Waals surface area contributed by atoms with Gasteiger partial charge in [-0.25, -0.2) is 12.1 Å². The average Bonchev–Trinajstić information content (AvgIpc) is 2.59. The standard InChI is InChI=1S/C12H11.Li/c1-2-6-11(7-3-1)10-12-8-4-5-9-12;/h1-9H,10H2;/q-1;+1. The third kappa shape index (κ3) is 2.84. The molecule has 0 aromatic heterocycles. The first-order chi connectivity index (χ1) is 5.95. The molecule has 2 aromatic rings. The van der Waals surface area contributed by atoms with E-state index in [9.17, 15) is 0 Å². The van der Waals surface area contributed by atoms with Gasteiger partial charge in [0.1, 0.15) is 0 Å². The van der Waals surface area contributed by atoms with Gasteiger partial charge in [-0.1, -0.05) is 35.9 Å². The molecule has 0 bridgehead atoms. The topological polar surface area (TPSA) is 0 Å². The second-order valence-corrected chi connectivity index (χ2v) is 2.96. The molecule has 1 heteroatoms. The van der Waals surface area contributed by atoms with Gasteiger partial charge in [-0.2, -0.15) is 17.7 Å². The first-order valence-electron chi connectivity index (χ1n) is 4.20. The molecule has 0 unspecified atom stereocenters. The Morgan fingerprint density at radius 3 is 2.08 bits per heavy atom. The van der Waals surface area contributed by atoms with Crippen LogP contribution in [-0.4, -0.2) is 0 Å². The predicted octanol–water partition coefficient (Wildman–Crippen LogP) is 0.000300. The zero-order valence-corrected chi connectivity index (χ0v) is 7.90. The fraction of sp³-hybridized carbons (Fsp3) is 0.0833. The minimum atomic E-state index is 0. The van der Waals surface area contributed by atoms with Crippen molar-refractivity contribution in [2.45, 2.75) is 6.42 Å². The first-order valence-corrected chi connectivity index (χ1v) is 4.20. The molecule has 0 aliphatic rings. The van der Waals surface area contributed by atoms with Crippen LogP contribution in [0, 0.1) is 0 Å². The van der Waals surface area contributed by atoms with E-state index in [0.29, 0.717) is 0 Å². The molecule has 2 rings (SSSR count). The predicted molar refractivity (Wildman–Crippen MR) is 51.3 cm³/mol. The summed E-state index contributed by atoms with van der Waals surface area (Å²) in [7, 11) is 0. The van der Waals surface area contributed by atoms with Gasteiger partial charge >= 0.3 is 18.9 Å². The average molecular weight is 162 g/mol. The van der Waals surface area contributed by atoms with E-state index in [1.807, 2.05) is 0 Å². The van der Waals surface area contributed by atoms with Crippen molar-refractivity contribution in [3.05, 3.63) is 65.7 Å². The molecule has 0 heterocycles. The molecule has 0 saturated carbocycles. The maximum atomic E-state index is 2.16. The van der Waals surface area contributed by atoms with Crippen molar-refractivity contribution in [3.8, 4) is 0 Å². The molecule has 60 valence electrons. The van der Waals surface area contributed by atoms with Crippen molar-refractivity contribution in [2.75, 3.05) is 0 Å². The Morgan fingerprint density at radius 1 is 0.846 bits per heavy atom. The van der Waals surface area contributed by atoms with Gasteiger partial charge < -0.3 is 0 Å². The summed E-state index contributed by atoms with van der Waals surface area (Å²) >= 11 is 0. The Balaban J connectivity index is 0.000000845. The second kappa shape index (κ2) is 5.02. The van der Waals surface area contributed by atoms with Crippen LogP contribution >= 0.6 is 0 Å². The minimum absolute atomic E-state index is 0. The van der Waals surface area contributed by atoms with Gasteiger partial charge in [-0.15, -0.1) is 0 Å². The smallest absolute Gasteiger partial charge is 0.213 e. The van der Waals surface area contributed by atoms with Crippen LogP contribution in [0.15, 0.2) is 54.6 Å². The van der Waals surface area contributed by atoms with Crippen LogP contribution in [0.3, 0.4) is 0 Å². The summed E-state index contributed by atoms with van der Waals surface area (Å²) in [5.41, 5.74) is 2.77. The summed E-state index contributed by atoms with van der Waals surface area (Å²) in [6.45, 7) is 0. The van der Waals surface area contributed by atoms with Crippen LogP contribution < -0.4 is 18.9 Å². The van der Waals surface area contributed by atoms with Gasteiger partial charge in [0.15, 0.2) is 0 Å². The van der Waals surface area contributed by atoms with Crippen molar-refractivity contribution >= 4 is 0 Å². The second-order valence-electron chi connectivity index (χ2n) is 2.96. The molecule has 0 saturated heterocycles. The van der Waals surface area contributed by atoms with E-state index < -0.39 is 0 Å². The maximum Gasteiger partial charge on any atom is 1.00 e. The summed E-state index contributed by atoms with van der Waals surface area (Å²) in [5.74, 6) is 0. The minimum Gasteiger partial charge on any atom is -0.213 e. The fourth-order valence-corrected chi connectivity index (χ4v) is 1.36. The van der Waals surface area contributed by atoms with E-state index in [0.717, 1.165) is 6.42 Å². The molecule has 13 heavy (non-hydrogen) atoms. The fourth-order valence-electron chi connectivity index (χ4n) is 1.36. The molecule has 0 aliphatic heterocycles. The molecule has 0 fully saturated rings. The monoisotopic (exact) mass is 162 g/mol. The van der Waals surface area contributed by atoms with E-state index in [-0.39, 0.29) is 18.9 Å². The largest absolute Gasteiger partial charge is 1.00 e. The molecule has 0 spiro atoms. The molecule has 0 N–H and O–H groups in total. The summed E-state index contributed by atoms with van der Waals surface area (Å²) in [5, 5.41) is 0. The van der Waals surface area contributed by atoms with Crippen LogP contribution in [-0.2, 0) is 6.42 Å². The Morgan fingerprint density at radius 2 is 1.46 bits per heavy atom. The van der Waals surface area contributed by atoms with Gasteiger partial charge in [-0.3, -0.25) is 0 Å². The van der Waals surface area contributed by atoms with Gasteiger partial charge in [0.25, 0.3) is 0 Å². The van der Waals surface area contributed by atoms with E-state index in [2.05, 4.69) is 54.6 Å². The Labute approximate surface area is 91.1 Å². The van der Waals surface area contributed by atoms with Crippen LogP contribution in [0.4, 0.5) is 0 Å². The van der Waals surface area contributed by atoms with Crippen LogP contribution in [0.2, 0.25) is 0 Å². The quantitative estimate of drug-likeness (QED) is 0.430. The van der Waals surface area contributed by atoms with Gasteiger partial charge in [-0.05, 0) is 6.42 Å². The van der Waals surface area contributed by atoms with Gasteiger partial charge in [0.05, 0.1) is 0 Å². The molecule has 0 atom stereocenters. The molecular formula is C12H11Li. The zero-order valence-electron chi connectivity index (χ0n) is 7.90. The van der Waals surface area contributed by atoms with E-state index in [1.165, 1.54) is 11.1 Å². The number of rotatable bonds is 2. The van der Waals surface area contributed by atoms with E-state index >= 15 is 0 Å². The number of hydrogen-bond acceptors (Lipinski definition) is 0. The third-order valence-corrected chi connectivity index (χ3v) is 1.98. The van der Waals surface area contributed by atoms with Crippen molar-refractivity contribution in [3.63, 3.8) is 0 Å². The van der Waals surface area contributed by atoms with Crippen LogP contribution in [0.5, 0.6) is 0 Å². The SMILES string of the molecule is [Li+].c1ccc(C[c-]2cccc2)cc1. The van der Waals surface area contributed by atoms with Crippen molar-refractivity contribution < 1.29 is 18.9 Å². The van der Waals surface area contributed by atoms with Crippen molar-refractivity contribution in [1.29, 1.82) is 0 Å². The molecule has 2 aromatic carbocycles. The summed E-state index contributed by atoms with van der Waals surface area (Å²) in [4.78, 5) is 0. The summed E-state index contributed by atoms with van der Waals surface area (Å²) in [6, 6.07) is 19.0. The molecular weight excluding hydrogens is 151 g/mol. The maximum absolute atomic E-state index is 2.16. The van der Waals surface area contributed by atoms with Crippen LogP contribution in [0.25, 0.3) is 0 Å². The Kier molecular flexibility index (Phi) is 3.96. The summed E-state index contributed by atoms with van der Waals surface area (Å²) in [6.07, 6.45) is 1.05. The zero-order chi connectivity index (χ0) is 8.23. The Bertz CT molecular complexity index is 321. The third-order valence-electron chi connectivity index (χ3n) is 1.98. The number of hydrogen-bond donors (Lipinski definition) is 0. The molecule has 0 radical (unpaired) electrons.